The molecular formula is C8H16N2O3S. The number of sulfone groups is 1. The van der Waals surface area contributed by atoms with Gasteiger partial charge in [0.1, 0.15) is 9.84 Å². The van der Waals surface area contributed by atoms with Gasteiger partial charge >= 0.3 is 0 Å². The summed E-state index contributed by atoms with van der Waals surface area (Å²) in [5, 5.41) is 2.97. The summed E-state index contributed by atoms with van der Waals surface area (Å²) in [6.45, 7) is 3.96. The zero-order chi connectivity index (χ0) is 10.9. The van der Waals surface area contributed by atoms with Crippen LogP contribution in [0.25, 0.3) is 0 Å². The lowest BCUT2D eigenvalue weighted by Gasteiger charge is -2.22. The van der Waals surface area contributed by atoms with Crippen LogP contribution in [-0.4, -0.2) is 50.0 Å². The van der Waals surface area contributed by atoms with E-state index >= 15 is 0 Å². The first-order valence-electron chi connectivity index (χ1n) is 4.53. The lowest BCUT2D eigenvalue weighted by Crippen LogP contribution is -2.40. The Morgan fingerprint density at radius 1 is 1.64 bits per heavy atom. The van der Waals surface area contributed by atoms with Gasteiger partial charge in [-0.3, -0.25) is 10.1 Å². The van der Waals surface area contributed by atoms with Crippen LogP contribution in [0.4, 0.5) is 0 Å². The van der Waals surface area contributed by atoms with Crippen molar-refractivity contribution in [2.75, 3.05) is 18.7 Å². The number of carbonyl (C=O) groups excluding carboxylic acids is 1. The van der Waals surface area contributed by atoms with Crippen LogP contribution in [0, 0.1) is 0 Å². The third-order valence-corrected chi connectivity index (χ3v) is 3.39. The Balaban J connectivity index is 2.63. The van der Waals surface area contributed by atoms with Gasteiger partial charge in [0.2, 0.25) is 5.91 Å². The van der Waals surface area contributed by atoms with Crippen molar-refractivity contribution in [1.82, 2.24) is 10.2 Å². The highest BCUT2D eigenvalue weighted by atomic mass is 32.2. The van der Waals surface area contributed by atoms with Gasteiger partial charge in [-0.15, -0.1) is 0 Å². The molecule has 1 aliphatic heterocycles. The van der Waals surface area contributed by atoms with Gasteiger partial charge in [0.25, 0.3) is 0 Å². The van der Waals surface area contributed by atoms with Gasteiger partial charge in [0.15, 0.2) is 0 Å². The van der Waals surface area contributed by atoms with Gasteiger partial charge in [0, 0.05) is 12.3 Å². The summed E-state index contributed by atoms with van der Waals surface area (Å²) in [6.07, 6.45) is 1.18. The first kappa shape index (κ1) is 11.5. The molecule has 1 aliphatic rings. The van der Waals surface area contributed by atoms with Crippen LogP contribution in [0.5, 0.6) is 0 Å². The number of hydrogen-bond donors (Lipinski definition) is 1. The minimum atomic E-state index is -3.02. The lowest BCUT2D eigenvalue weighted by atomic mass is 10.3. The molecule has 2 unspecified atom stereocenters. The van der Waals surface area contributed by atoms with Crippen LogP contribution in [0.2, 0.25) is 0 Å². The second-order valence-electron chi connectivity index (χ2n) is 3.83. The van der Waals surface area contributed by atoms with Crippen LogP contribution < -0.4 is 5.32 Å². The van der Waals surface area contributed by atoms with Crippen LogP contribution in [0.1, 0.15) is 13.8 Å². The molecule has 14 heavy (non-hydrogen) atoms. The average molecular weight is 220 g/mol. The van der Waals surface area contributed by atoms with Crippen molar-refractivity contribution in [1.29, 1.82) is 0 Å². The molecule has 5 nitrogen and oxygen atoms in total. The van der Waals surface area contributed by atoms with E-state index in [1.54, 1.807) is 18.7 Å². The van der Waals surface area contributed by atoms with Crippen LogP contribution >= 0.6 is 0 Å². The highest BCUT2D eigenvalue weighted by Gasteiger charge is 2.31. The van der Waals surface area contributed by atoms with E-state index < -0.39 is 9.84 Å². The maximum atomic E-state index is 11.5. The zero-order valence-electron chi connectivity index (χ0n) is 8.65. The summed E-state index contributed by atoms with van der Waals surface area (Å²) in [6, 6.07) is -0.452. The molecule has 0 aromatic heterocycles. The molecule has 1 N–H and O–H groups in total. The van der Waals surface area contributed by atoms with E-state index in [1.807, 2.05) is 0 Å². The van der Waals surface area contributed by atoms with E-state index in [0.29, 0.717) is 6.67 Å². The lowest BCUT2D eigenvalue weighted by molar-refractivity contribution is -0.129. The second kappa shape index (κ2) is 3.86. The molecule has 1 heterocycles. The van der Waals surface area contributed by atoms with Crippen molar-refractivity contribution >= 4 is 15.7 Å². The van der Waals surface area contributed by atoms with Gasteiger partial charge in [-0.1, -0.05) is 0 Å². The normalized spacial score (nSPS) is 25.5. The molecule has 0 spiro atoms. The van der Waals surface area contributed by atoms with Gasteiger partial charge in [-0.05, 0) is 13.8 Å². The smallest absolute Gasteiger partial charge is 0.240 e. The number of nitrogens with zero attached hydrogens (tertiary/aromatic N) is 1. The fourth-order valence-electron chi connectivity index (χ4n) is 1.55. The number of hydrogen-bond acceptors (Lipinski definition) is 4. The maximum Gasteiger partial charge on any atom is 0.240 e. The molecule has 0 aliphatic carbocycles. The summed E-state index contributed by atoms with van der Waals surface area (Å²) < 4.78 is 22.1. The van der Waals surface area contributed by atoms with Crippen molar-refractivity contribution in [2.45, 2.75) is 25.9 Å². The molecule has 1 saturated heterocycles. The number of nitrogens with one attached hydrogen (secondary N) is 1. The van der Waals surface area contributed by atoms with E-state index in [9.17, 15) is 13.2 Å². The zero-order valence-corrected chi connectivity index (χ0v) is 9.47. The molecule has 6 heteroatoms. The Bertz CT molecular complexity index is 325. The minimum Gasteiger partial charge on any atom is -0.325 e. The second-order valence-corrected chi connectivity index (χ2v) is 6.02. The molecule has 0 aromatic rings. The van der Waals surface area contributed by atoms with Crippen molar-refractivity contribution in [2.24, 2.45) is 0 Å². The highest BCUT2D eigenvalue weighted by molar-refractivity contribution is 7.90. The standard InChI is InChI=1S/C8H16N2O3S/c1-6(4-14(3,12)13)10-5-9-7(2)8(10)11/h6-7,9H,4-5H2,1-3H3. The summed E-state index contributed by atoms with van der Waals surface area (Å²) in [5.41, 5.74) is 0. The number of rotatable bonds is 3. The van der Waals surface area contributed by atoms with E-state index in [-0.39, 0.29) is 23.7 Å². The van der Waals surface area contributed by atoms with Crippen molar-refractivity contribution in [3.8, 4) is 0 Å². The van der Waals surface area contributed by atoms with Crippen molar-refractivity contribution in [3.05, 3.63) is 0 Å². The summed E-state index contributed by atoms with van der Waals surface area (Å²) in [5.74, 6) is -0.00574. The summed E-state index contributed by atoms with van der Waals surface area (Å²) in [4.78, 5) is 13.1. The van der Waals surface area contributed by atoms with Crippen molar-refractivity contribution < 1.29 is 13.2 Å². The van der Waals surface area contributed by atoms with Crippen LogP contribution in [0.3, 0.4) is 0 Å². The highest BCUT2D eigenvalue weighted by Crippen LogP contribution is 2.09. The van der Waals surface area contributed by atoms with Crippen LogP contribution in [0.15, 0.2) is 0 Å². The molecule has 0 saturated carbocycles. The van der Waals surface area contributed by atoms with Gasteiger partial charge in [-0.25, -0.2) is 8.42 Å². The number of amides is 1. The fraction of sp³-hybridized carbons (Fsp3) is 0.875. The summed E-state index contributed by atoms with van der Waals surface area (Å²) >= 11 is 0. The van der Waals surface area contributed by atoms with Gasteiger partial charge < -0.3 is 4.90 Å². The Morgan fingerprint density at radius 2 is 2.21 bits per heavy atom. The molecule has 1 fully saturated rings. The Hall–Kier alpha value is -0.620. The van der Waals surface area contributed by atoms with E-state index in [4.69, 9.17) is 0 Å². The van der Waals surface area contributed by atoms with Gasteiger partial charge in [-0.2, -0.15) is 0 Å². The molecule has 1 rings (SSSR count). The van der Waals surface area contributed by atoms with E-state index in [2.05, 4.69) is 5.32 Å². The number of carbonyl (C=O) groups is 1. The predicted octanol–water partition coefficient (Wildman–Crippen LogP) is -0.803. The van der Waals surface area contributed by atoms with Gasteiger partial charge in [0.05, 0.1) is 18.5 Å². The fourth-order valence-corrected chi connectivity index (χ4v) is 2.61. The predicted molar refractivity (Wildman–Crippen MR) is 53.5 cm³/mol. The molecular weight excluding hydrogens is 204 g/mol. The molecule has 82 valence electrons. The third-order valence-electron chi connectivity index (χ3n) is 2.30. The minimum absolute atomic E-state index is 0.0210. The summed E-state index contributed by atoms with van der Waals surface area (Å²) in [7, 11) is -3.02. The SMILES string of the molecule is CC1NCN(C(C)CS(C)(=O)=O)C1=O. The molecule has 2 atom stereocenters. The largest absolute Gasteiger partial charge is 0.325 e. The molecule has 1 amide bonds. The monoisotopic (exact) mass is 220 g/mol. The van der Waals surface area contributed by atoms with Crippen molar-refractivity contribution in [3.63, 3.8) is 0 Å². The van der Waals surface area contributed by atoms with E-state index in [0.717, 1.165) is 0 Å². The molecule has 0 aromatic carbocycles. The third kappa shape index (κ3) is 2.68. The Kier molecular flexibility index (Phi) is 3.16. The first-order chi connectivity index (χ1) is 6.31. The average Bonchev–Trinajstić information content (AvgIpc) is 2.29. The maximum absolute atomic E-state index is 11.5. The molecule has 0 radical (unpaired) electrons. The first-order valence-corrected chi connectivity index (χ1v) is 6.59. The van der Waals surface area contributed by atoms with Crippen LogP contribution in [-0.2, 0) is 14.6 Å². The van der Waals surface area contributed by atoms with E-state index in [1.165, 1.54) is 6.26 Å². The topological polar surface area (TPSA) is 66.5 Å². The Morgan fingerprint density at radius 3 is 2.57 bits per heavy atom. The quantitative estimate of drug-likeness (QED) is 0.676. The molecule has 0 bridgehead atoms. The Labute approximate surface area is 84.4 Å².